The van der Waals surface area contributed by atoms with E-state index in [0.717, 1.165) is 30.5 Å². The summed E-state index contributed by atoms with van der Waals surface area (Å²) in [6.07, 6.45) is -0.532. The number of hydrogen-bond acceptors (Lipinski definition) is 8. The maximum Gasteiger partial charge on any atom is 0.335 e. The average molecular weight is 419 g/mol. The van der Waals surface area contributed by atoms with Crippen molar-refractivity contribution in [2.45, 2.75) is 43.8 Å². The highest BCUT2D eigenvalue weighted by atomic mass is 16.5. The van der Waals surface area contributed by atoms with Crippen molar-refractivity contribution in [3.05, 3.63) is 29.5 Å². The summed E-state index contributed by atoms with van der Waals surface area (Å²) in [7, 11) is 0. The van der Waals surface area contributed by atoms with E-state index in [4.69, 9.17) is 25.2 Å². The van der Waals surface area contributed by atoms with Crippen LogP contribution in [0, 0.1) is 0 Å². The van der Waals surface area contributed by atoms with Crippen molar-refractivity contribution in [3.63, 3.8) is 0 Å². The number of fused-ring (bicyclic) bond motifs is 6. The zero-order chi connectivity index (χ0) is 21.8. The van der Waals surface area contributed by atoms with Gasteiger partial charge >= 0.3 is 11.9 Å². The van der Waals surface area contributed by atoms with Crippen molar-refractivity contribution >= 4 is 23.0 Å². The van der Waals surface area contributed by atoms with Gasteiger partial charge in [-0.25, -0.2) is 19.6 Å². The number of rotatable bonds is 6. The molecule has 2 aromatic rings. The predicted molar refractivity (Wildman–Crippen MR) is 106 cm³/mol. The van der Waals surface area contributed by atoms with Gasteiger partial charge in [0.2, 0.25) is 5.88 Å². The van der Waals surface area contributed by atoms with Crippen LogP contribution in [0.5, 0.6) is 5.88 Å². The number of piperidine rings is 1. The van der Waals surface area contributed by atoms with Gasteiger partial charge in [0.15, 0.2) is 12.2 Å². The molecule has 0 spiro atoms. The minimum Gasteiger partial charge on any atom is -0.479 e. The summed E-state index contributed by atoms with van der Waals surface area (Å²) in [6, 6.07) is 4.47. The third-order valence-electron chi connectivity index (χ3n) is 5.21. The first kappa shape index (κ1) is 21.9. The van der Waals surface area contributed by atoms with Gasteiger partial charge < -0.3 is 30.5 Å². The van der Waals surface area contributed by atoms with Gasteiger partial charge in [0.25, 0.3) is 0 Å². The number of ether oxygens (including phenoxy) is 1. The van der Waals surface area contributed by atoms with Crippen LogP contribution in [-0.4, -0.2) is 74.2 Å². The molecule has 1 aromatic heterocycles. The van der Waals surface area contributed by atoms with Gasteiger partial charge in [0, 0.05) is 13.1 Å². The summed E-state index contributed by atoms with van der Waals surface area (Å²) in [5.41, 5.74) is 4.89. The van der Waals surface area contributed by atoms with E-state index < -0.39 is 24.1 Å². The highest BCUT2D eigenvalue weighted by molar-refractivity contribution is 5.83. The van der Waals surface area contributed by atoms with E-state index in [1.807, 2.05) is 0 Å². The summed E-state index contributed by atoms with van der Waals surface area (Å²) in [6.45, 7) is 4.98. The molecule has 2 bridgehead atoms. The molecule has 2 aliphatic rings. The molecule has 162 valence electrons. The lowest BCUT2D eigenvalue weighted by atomic mass is 9.98. The maximum atomic E-state index is 9.77. The molecule has 1 aromatic carbocycles. The minimum absolute atomic E-state index is 0.637. The van der Waals surface area contributed by atoms with E-state index in [1.165, 1.54) is 17.5 Å². The molecule has 0 saturated carbocycles. The highest BCUT2D eigenvalue weighted by Gasteiger charge is 2.34. The van der Waals surface area contributed by atoms with Crippen molar-refractivity contribution < 1.29 is 34.8 Å². The van der Waals surface area contributed by atoms with Gasteiger partial charge in [-0.3, -0.25) is 0 Å². The molecule has 4 rings (SSSR count). The predicted octanol–water partition coefficient (Wildman–Crippen LogP) is 0.470. The molecule has 2 heterocycles. The standard InChI is InChI=1S/C16H19N3O.C4H6O6/c1-2-3-20-16-9-18-14-5-12-10-4-11(8-17-7-10)13(12)6-15(14)19-16;5-1(3(7)8)2(6)4(9)10/h5-6,9-11,17H,2-4,7-8H2,1H3;1-2,5-6H,(H,7,8)(H,9,10)/t;1-,2-/m.1/s1. The van der Waals surface area contributed by atoms with Crippen LogP contribution >= 0.6 is 0 Å². The molecule has 10 nitrogen and oxygen atoms in total. The fraction of sp³-hybridized carbons (Fsp3) is 0.500. The zero-order valence-electron chi connectivity index (χ0n) is 16.5. The van der Waals surface area contributed by atoms with Gasteiger partial charge in [-0.2, -0.15) is 0 Å². The molecule has 1 saturated heterocycles. The SMILES string of the molecule is CCCOc1cnc2cc3c(cc2n1)C1CNCC3C1.O=C(O)[C@H](O)[C@@H](O)C(=O)O. The summed E-state index contributed by atoms with van der Waals surface area (Å²) >= 11 is 0. The Balaban J connectivity index is 0.000000220. The molecule has 2 unspecified atom stereocenters. The Kier molecular flexibility index (Phi) is 6.80. The number of aromatic nitrogens is 2. The highest BCUT2D eigenvalue weighted by Crippen LogP contribution is 2.44. The Hall–Kier alpha value is -2.82. The Labute approximate surface area is 172 Å². The number of aliphatic hydroxyl groups is 2. The van der Waals surface area contributed by atoms with Crippen LogP contribution in [0.3, 0.4) is 0 Å². The van der Waals surface area contributed by atoms with Crippen LogP contribution in [0.1, 0.15) is 42.7 Å². The van der Waals surface area contributed by atoms with Crippen molar-refractivity contribution in [2.24, 2.45) is 0 Å². The normalized spacial score (nSPS) is 21.2. The fourth-order valence-electron chi connectivity index (χ4n) is 3.74. The molecule has 30 heavy (non-hydrogen) atoms. The van der Waals surface area contributed by atoms with Crippen LogP contribution in [0.15, 0.2) is 18.3 Å². The van der Waals surface area contributed by atoms with Crippen LogP contribution < -0.4 is 10.1 Å². The number of carboxylic acids is 2. The molecule has 1 aliphatic heterocycles. The van der Waals surface area contributed by atoms with Gasteiger partial charge in [-0.1, -0.05) is 6.92 Å². The first-order chi connectivity index (χ1) is 14.3. The Bertz CT molecular complexity index is 918. The lowest BCUT2D eigenvalue weighted by Gasteiger charge is -2.19. The molecular formula is C20H25N3O7. The molecular weight excluding hydrogens is 394 g/mol. The number of aliphatic carboxylic acids is 2. The van der Waals surface area contributed by atoms with E-state index in [9.17, 15) is 9.59 Å². The van der Waals surface area contributed by atoms with E-state index >= 15 is 0 Å². The Morgan fingerprint density at radius 2 is 1.67 bits per heavy atom. The summed E-state index contributed by atoms with van der Waals surface area (Å²) < 4.78 is 5.58. The van der Waals surface area contributed by atoms with E-state index in [2.05, 4.69) is 34.3 Å². The number of hydrogen-bond donors (Lipinski definition) is 5. The summed E-state index contributed by atoms with van der Waals surface area (Å²) in [5, 5.41) is 36.0. The molecule has 1 aliphatic carbocycles. The lowest BCUT2D eigenvalue weighted by molar-refractivity contribution is -0.165. The summed E-state index contributed by atoms with van der Waals surface area (Å²) in [5.74, 6) is -1.59. The number of nitrogens with one attached hydrogen (secondary N) is 1. The van der Waals surface area contributed by atoms with Gasteiger partial charge in [0.05, 0.1) is 23.8 Å². The first-order valence-electron chi connectivity index (χ1n) is 9.77. The topological polar surface area (TPSA) is 162 Å². The largest absolute Gasteiger partial charge is 0.479 e. The molecule has 0 amide bonds. The van der Waals surface area contributed by atoms with Crippen LogP contribution in [0.4, 0.5) is 0 Å². The van der Waals surface area contributed by atoms with Crippen molar-refractivity contribution in [1.82, 2.24) is 15.3 Å². The third kappa shape index (κ3) is 4.66. The van der Waals surface area contributed by atoms with Crippen molar-refractivity contribution in [3.8, 4) is 5.88 Å². The second-order valence-corrected chi connectivity index (χ2v) is 7.38. The number of nitrogens with zero attached hydrogens (tertiary/aromatic N) is 2. The van der Waals surface area contributed by atoms with Crippen LogP contribution in [-0.2, 0) is 9.59 Å². The van der Waals surface area contributed by atoms with Crippen molar-refractivity contribution in [2.75, 3.05) is 19.7 Å². The number of carboxylic acid groups (broad SMARTS) is 2. The second kappa shape index (κ2) is 9.33. The van der Waals surface area contributed by atoms with Gasteiger partial charge in [-0.05, 0) is 47.9 Å². The zero-order valence-corrected chi connectivity index (χ0v) is 16.5. The quantitative estimate of drug-likeness (QED) is 0.445. The first-order valence-corrected chi connectivity index (χ1v) is 9.77. The lowest BCUT2D eigenvalue weighted by Crippen LogP contribution is -2.39. The summed E-state index contributed by atoms with van der Waals surface area (Å²) in [4.78, 5) is 28.7. The fourth-order valence-corrected chi connectivity index (χ4v) is 3.74. The second-order valence-electron chi connectivity index (χ2n) is 7.38. The Morgan fingerprint density at radius 3 is 2.20 bits per heavy atom. The molecule has 5 N–H and O–H groups in total. The van der Waals surface area contributed by atoms with Gasteiger partial charge in [0.1, 0.15) is 0 Å². The molecule has 10 heteroatoms. The minimum atomic E-state index is -2.27. The smallest absolute Gasteiger partial charge is 0.335 e. The number of aliphatic hydroxyl groups excluding tert-OH is 2. The van der Waals surface area contributed by atoms with Crippen molar-refractivity contribution in [1.29, 1.82) is 0 Å². The number of benzene rings is 1. The van der Waals surface area contributed by atoms with E-state index in [-0.39, 0.29) is 0 Å². The Morgan fingerprint density at radius 1 is 1.10 bits per heavy atom. The van der Waals surface area contributed by atoms with E-state index in [1.54, 1.807) is 6.20 Å². The average Bonchev–Trinajstić information content (AvgIpc) is 2.98. The van der Waals surface area contributed by atoms with Gasteiger partial charge in [-0.15, -0.1) is 0 Å². The monoisotopic (exact) mass is 419 g/mol. The molecule has 4 atom stereocenters. The molecule has 1 fully saturated rings. The van der Waals surface area contributed by atoms with Crippen LogP contribution in [0.25, 0.3) is 11.0 Å². The van der Waals surface area contributed by atoms with E-state index in [0.29, 0.717) is 24.3 Å². The third-order valence-corrected chi connectivity index (χ3v) is 5.21. The molecule has 0 radical (unpaired) electrons. The maximum absolute atomic E-state index is 9.77. The number of carbonyl (C=O) groups is 2. The van der Waals surface area contributed by atoms with Crippen LogP contribution in [0.2, 0.25) is 0 Å².